The second-order valence-corrected chi connectivity index (χ2v) is 4.96. The van der Waals surface area contributed by atoms with Gasteiger partial charge >= 0.3 is 0 Å². The Kier molecular flexibility index (Phi) is 3.46. The molecule has 3 rings (SSSR count). The van der Waals surface area contributed by atoms with E-state index in [2.05, 4.69) is 5.10 Å². The molecule has 0 aliphatic heterocycles. The number of hydrogen-bond donors (Lipinski definition) is 2. The summed E-state index contributed by atoms with van der Waals surface area (Å²) >= 11 is 0. The summed E-state index contributed by atoms with van der Waals surface area (Å²) in [5.41, 5.74) is 3.85. The first-order valence-corrected chi connectivity index (χ1v) is 6.74. The molecule has 2 aromatic carbocycles. The van der Waals surface area contributed by atoms with Gasteiger partial charge in [-0.05, 0) is 31.2 Å². The molecule has 0 radical (unpaired) electrons. The molecule has 0 aliphatic carbocycles. The number of phenols is 1. The van der Waals surface area contributed by atoms with Crippen molar-refractivity contribution in [2.45, 2.75) is 13.5 Å². The van der Waals surface area contributed by atoms with Gasteiger partial charge in [0, 0.05) is 17.3 Å². The molecule has 0 unspecified atom stereocenters. The molecule has 2 N–H and O–H groups in total. The van der Waals surface area contributed by atoms with E-state index in [-0.39, 0.29) is 12.4 Å². The van der Waals surface area contributed by atoms with Crippen LogP contribution in [0.25, 0.3) is 16.9 Å². The molecule has 0 atom stereocenters. The topological polar surface area (TPSA) is 58.3 Å². The van der Waals surface area contributed by atoms with Gasteiger partial charge in [0.2, 0.25) is 0 Å². The summed E-state index contributed by atoms with van der Waals surface area (Å²) in [6.07, 6.45) is 1.78. The van der Waals surface area contributed by atoms with E-state index in [4.69, 9.17) is 0 Å². The van der Waals surface area contributed by atoms with Gasteiger partial charge in [0.25, 0.3) is 0 Å². The Morgan fingerprint density at radius 1 is 1.10 bits per heavy atom. The first kappa shape index (κ1) is 13.4. The summed E-state index contributed by atoms with van der Waals surface area (Å²) in [6, 6.07) is 15.0. The molecule has 0 bridgehead atoms. The van der Waals surface area contributed by atoms with Crippen molar-refractivity contribution in [3.63, 3.8) is 0 Å². The second kappa shape index (κ2) is 5.42. The van der Waals surface area contributed by atoms with Crippen LogP contribution in [0.5, 0.6) is 5.75 Å². The minimum absolute atomic E-state index is 0.129. The molecular weight excluding hydrogens is 264 g/mol. The Morgan fingerprint density at radius 2 is 1.86 bits per heavy atom. The smallest absolute Gasteiger partial charge is 0.125 e. The van der Waals surface area contributed by atoms with E-state index >= 15 is 0 Å². The van der Waals surface area contributed by atoms with Crippen LogP contribution >= 0.6 is 0 Å². The largest absolute Gasteiger partial charge is 0.507 e. The fourth-order valence-electron chi connectivity index (χ4n) is 2.30. The van der Waals surface area contributed by atoms with Crippen LogP contribution < -0.4 is 0 Å². The Balaban J connectivity index is 2.15. The van der Waals surface area contributed by atoms with Crippen molar-refractivity contribution in [2.24, 2.45) is 0 Å². The lowest BCUT2D eigenvalue weighted by atomic mass is 10.0. The number of aryl methyl sites for hydroxylation is 1. The van der Waals surface area contributed by atoms with Crippen LogP contribution in [0.15, 0.2) is 54.7 Å². The zero-order valence-corrected chi connectivity index (χ0v) is 11.7. The first-order chi connectivity index (χ1) is 10.2. The maximum Gasteiger partial charge on any atom is 0.125 e. The minimum Gasteiger partial charge on any atom is -0.507 e. The number of aromatic hydroxyl groups is 1. The Hall–Kier alpha value is -2.59. The van der Waals surface area contributed by atoms with Crippen molar-refractivity contribution in [1.29, 1.82) is 0 Å². The molecule has 3 aromatic rings. The molecule has 1 aromatic heterocycles. The Morgan fingerprint density at radius 3 is 2.57 bits per heavy atom. The van der Waals surface area contributed by atoms with Crippen molar-refractivity contribution >= 4 is 0 Å². The highest BCUT2D eigenvalue weighted by Gasteiger charge is 2.14. The lowest BCUT2D eigenvalue weighted by Gasteiger charge is -2.04. The van der Waals surface area contributed by atoms with E-state index in [1.165, 1.54) is 0 Å². The van der Waals surface area contributed by atoms with Crippen LogP contribution in [-0.4, -0.2) is 20.0 Å². The fraction of sp³-hybridized carbons (Fsp3) is 0.118. The van der Waals surface area contributed by atoms with Gasteiger partial charge in [0.15, 0.2) is 0 Å². The van der Waals surface area contributed by atoms with Crippen molar-refractivity contribution < 1.29 is 10.2 Å². The third kappa shape index (κ3) is 2.53. The van der Waals surface area contributed by atoms with Gasteiger partial charge in [-0.3, -0.25) is 0 Å². The number of para-hydroxylation sites is 1. The molecular formula is C17H16N2O2. The quantitative estimate of drug-likeness (QED) is 0.775. The van der Waals surface area contributed by atoms with Gasteiger partial charge in [0.05, 0.1) is 12.3 Å². The minimum atomic E-state index is -0.129. The number of benzene rings is 2. The maximum absolute atomic E-state index is 10.1. The van der Waals surface area contributed by atoms with E-state index in [1.54, 1.807) is 16.9 Å². The highest BCUT2D eigenvalue weighted by molar-refractivity contribution is 5.70. The van der Waals surface area contributed by atoms with Crippen LogP contribution in [0.3, 0.4) is 0 Å². The summed E-state index contributed by atoms with van der Waals surface area (Å²) in [6.45, 7) is 1.82. The predicted molar refractivity (Wildman–Crippen MR) is 81.3 cm³/mol. The average molecular weight is 280 g/mol. The molecule has 0 saturated carbocycles. The lowest BCUT2D eigenvalue weighted by molar-refractivity contribution is 0.282. The van der Waals surface area contributed by atoms with E-state index in [1.807, 2.05) is 49.4 Å². The fourth-order valence-corrected chi connectivity index (χ4v) is 2.30. The Labute approximate surface area is 122 Å². The number of aromatic nitrogens is 2. The highest BCUT2D eigenvalue weighted by Crippen LogP contribution is 2.32. The second-order valence-electron chi connectivity index (χ2n) is 4.96. The van der Waals surface area contributed by atoms with Crippen molar-refractivity contribution in [2.75, 3.05) is 0 Å². The van der Waals surface area contributed by atoms with Crippen LogP contribution in [0.2, 0.25) is 0 Å². The van der Waals surface area contributed by atoms with E-state index in [0.29, 0.717) is 16.8 Å². The van der Waals surface area contributed by atoms with Crippen LogP contribution in [-0.2, 0) is 6.61 Å². The Bertz CT molecular complexity index is 764. The molecule has 21 heavy (non-hydrogen) atoms. The van der Waals surface area contributed by atoms with E-state index in [0.717, 1.165) is 11.3 Å². The standard InChI is InChI=1S/C17H16N2O2/c1-12-7-8-16(21)15(9-12)17-13(11-20)10-19(18-17)14-5-3-2-4-6-14/h2-10,20-21H,11H2,1H3. The van der Waals surface area contributed by atoms with Gasteiger partial charge in [-0.2, -0.15) is 5.10 Å². The van der Waals surface area contributed by atoms with Gasteiger partial charge < -0.3 is 10.2 Å². The molecule has 0 aliphatic rings. The third-order valence-corrected chi connectivity index (χ3v) is 3.39. The van der Waals surface area contributed by atoms with Crippen LogP contribution in [0, 0.1) is 6.92 Å². The molecule has 4 nitrogen and oxygen atoms in total. The number of aliphatic hydroxyl groups excluding tert-OH is 1. The normalized spacial score (nSPS) is 10.8. The predicted octanol–water partition coefficient (Wildman–Crippen LogP) is 3.05. The molecule has 0 spiro atoms. The van der Waals surface area contributed by atoms with Gasteiger partial charge in [-0.25, -0.2) is 4.68 Å². The molecule has 0 amide bonds. The number of phenolic OH excluding ortho intramolecular Hbond substituents is 1. The van der Waals surface area contributed by atoms with E-state index < -0.39 is 0 Å². The molecule has 106 valence electrons. The maximum atomic E-state index is 10.1. The van der Waals surface area contributed by atoms with Crippen molar-refractivity contribution in [3.8, 4) is 22.7 Å². The summed E-state index contributed by atoms with van der Waals surface area (Å²) in [5.74, 6) is 0.161. The van der Waals surface area contributed by atoms with Crippen molar-refractivity contribution in [1.82, 2.24) is 9.78 Å². The van der Waals surface area contributed by atoms with Crippen molar-refractivity contribution in [3.05, 3.63) is 65.9 Å². The molecule has 0 fully saturated rings. The van der Waals surface area contributed by atoms with Crippen LogP contribution in [0.4, 0.5) is 0 Å². The number of hydrogen-bond acceptors (Lipinski definition) is 3. The highest BCUT2D eigenvalue weighted by atomic mass is 16.3. The van der Waals surface area contributed by atoms with Gasteiger partial charge in [-0.1, -0.05) is 29.8 Å². The monoisotopic (exact) mass is 280 g/mol. The zero-order chi connectivity index (χ0) is 14.8. The molecule has 1 heterocycles. The van der Waals surface area contributed by atoms with Gasteiger partial charge in [-0.15, -0.1) is 0 Å². The molecule has 0 saturated heterocycles. The third-order valence-electron chi connectivity index (χ3n) is 3.39. The summed E-state index contributed by atoms with van der Waals surface area (Å²) in [7, 11) is 0. The zero-order valence-electron chi connectivity index (χ0n) is 11.7. The number of nitrogens with zero attached hydrogens (tertiary/aromatic N) is 2. The molecule has 4 heteroatoms. The summed E-state index contributed by atoms with van der Waals surface area (Å²) in [5, 5.41) is 24.1. The van der Waals surface area contributed by atoms with Gasteiger partial charge in [0.1, 0.15) is 11.4 Å². The van der Waals surface area contributed by atoms with E-state index in [9.17, 15) is 10.2 Å². The SMILES string of the molecule is Cc1ccc(O)c(-c2nn(-c3ccccc3)cc2CO)c1. The summed E-state index contributed by atoms with van der Waals surface area (Å²) in [4.78, 5) is 0. The number of aliphatic hydroxyl groups is 1. The summed E-state index contributed by atoms with van der Waals surface area (Å²) < 4.78 is 1.71. The first-order valence-electron chi connectivity index (χ1n) is 6.74. The lowest BCUT2D eigenvalue weighted by Crippen LogP contribution is -1.94. The van der Waals surface area contributed by atoms with Crippen LogP contribution in [0.1, 0.15) is 11.1 Å². The average Bonchev–Trinajstić information content (AvgIpc) is 2.94. The number of rotatable bonds is 3.